The van der Waals surface area contributed by atoms with Crippen molar-refractivity contribution in [2.45, 2.75) is 57.9 Å². The van der Waals surface area contributed by atoms with Crippen molar-refractivity contribution in [1.82, 2.24) is 4.90 Å². The van der Waals surface area contributed by atoms with Crippen molar-refractivity contribution in [1.29, 1.82) is 0 Å². The maximum Gasteiger partial charge on any atom is 0.0124 e. The molecule has 0 spiro atoms. The average Bonchev–Trinajstić information content (AvgIpc) is 3.02. The molecule has 20 heavy (non-hydrogen) atoms. The summed E-state index contributed by atoms with van der Waals surface area (Å²) in [4.78, 5) is 2.80. The van der Waals surface area contributed by atoms with Gasteiger partial charge in [0.2, 0.25) is 0 Å². The van der Waals surface area contributed by atoms with Crippen LogP contribution in [-0.4, -0.2) is 24.0 Å². The van der Waals surface area contributed by atoms with Crippen LogP contribution in [0.25, 0.3) is 0 Å². The lowest BCUT2D eigenvalue weighted by atomic mass is 9.74. The first-order valence-corrected chi connectivity index (χ1v) is 8.64. The molecule has 1 aliphatic carbocycles. The van der Waals surface area contributed by atoms with Crippen LogP contribution in [0.15, 0.2) is 30.3 Å². The van der Waals surface area contributed by atoms with Crippen LogP contribution >= 0.6 is 0 Å². The second-order valence-electron chi connectivity index (χ2n) is 6.85. The number of rotatable bonds is 4. The van der Waals surface area contributed by atoms with Gasteiger partial charge >= 0.3 is 0 Å². The maximum absolute atomic E-state index is 2.80. The average molecular weight is 271 g/mol. The minimum Gasteiger partial charge on any atom is -0.300 e. The highest BCUT2D eigenvalue weighted by Gasteiger charge is 2.33. The Balaban J connectivity index is 1.58. The van der Waals surface area contributed by atoms with E-state index in [1.807, 2.05) is 0 Å². The predicted octanol–water partition coefficient (Wildman–Crippen LogP) is 4.52. The molecule has 0 N–H and O–H groups in total. The first-order chi connectivity index (χ1) is 9.86. The molecule has 0 radical (unpaired) electrons. The Kier molecular flexibility index (Phi) is 4.77. The third kappa shape index (κ3) is 3.25. The summed E-state index contributed by atoms with van der Waals surface area (Å²) in [6.45, 7) is 5.13. The molecular formula is C19H29N. The summed E-state index contributed by atoms with van der Waals surface area (Å²) in [7, 11) is 0. The third-order valence-corrected chi connectivity index (χ3v) is 5.55. The van der Waals surface area contributed by atoms with Gasteiger partial charge < -0.3 is 4.90 Å². The highest BCUT2D eigenvalue weighted by Crippen LogP contribution is 2.37. The normalized spacial score (nSPS) is 31.6. The molecule has 1 saturated heterocycles. The van der Waals surface area contributed by atoms with Crippen LogP contribution in [0.4, 0.5) is 0 Å². The van der Waals surface area contributed by atoms with E-state index in [0.29, 0.717) is 0 Å². The minimum atomic E-state index is 0.898. The maximum atomic E-state index is 2.80. The van der Waals surface area contributed by atoms with Gasteiger partial charge in [-0.1, -0.05) is 43.7 Å². The van der Waals surface area contributed by atoms with E-state index in [9.17, 15) is 0 Å². The van der Waals surface area contributed by atoms with E-state index in [1.165, 1.54) is 63.6 Å². The number of hydrogen-bond donors (Lipinski definition) is 0. The second kappa shape index (κ2) is 6.76. The summed E-state index contributed by atoms with van der Waals surface area (Å²) in [6.07, 6.45) is 9.85. The second-order valence-corrected chi connectivity index (χ2v) is 6.85. The summed E-state index contributed by atoms with van der Waals surface area (Å²) in [5.41, 5.74) is 1.53. The van der Waals surface area contributed by atoms with Gasteiger partial charge in [0.15, 0.2) is 0 Å². The highest BCUT2D eigenvalue weighted by molar-refractivity contribution is 5.15. The van der Waals surface area contributed by atoms with Gasteiger partial charge in [0, 0.05) is 6.04 Å². The summed E-state index contributed by atoms with van der Waals surface area (Å²) in [5, 5.41) is 0. The molecule has 1 aromatic rings. The van der Waals surface area contributed by atoms with E-state index in [4.69, 9.17) is 0 Å². The molecule has 1 aliphatic heterocycles. The standard InChI is InChI=1S/C19H29N/c1-2-18-15-17(14-16-8-4-3-5-9-16)10-11-19(18)20-12-6-7-13-20/h3-5,8-9,17-19H,2,6-7,10-15H2,1H3/t17-,18-,19+/m0/s1. The van der Waals surface area contributed by atoms with Gasteiger partial charge in [-0.15, -0.1) is 0 Å². The van der Waals surface area contributed by atoms with Crippen LogP contribution in [0.2, 0.25) is 0 Å². The van der Waals surface area contributed by atoms with Crippen LogP contribution < -0.4 is 0 Å². The lowest BCUT2D eigenvalue weighted by Gasteiger charge is -2.41. The topological polar surface area (TPSA) is 3.24 Å². The SMILES string of the molecule is CC[C@H]1C[C@H](Cc2ccccc2)CC[C@H]1N1CCCC1. The van der Waals surface area contributed by atoms with Gasteiger partial charge in [-0.05, 0) is 69.0 Å². The number of likely N-dealkylation sites (tertiary alicyclic amines) is 1. The summed E-state index contributed by atoms with van der Waals surface area (Å²) < 4.78 is 0. The first-order valence-electron chi connectivity index (χ1n) is 8.64. The lowest BCUT2D eigenvalue weighted by Crippen LogP contribution is -2.42. The van der Waals surface area contributed by atoms with Crippen molar-refractivity contribution in [3.05, 3.63) is 35.9 Å². The highest BCUT2D eigenvalue weighted by atomic mass is 15.2. The number of benzene rings is 1. The fourth-order valence-electron chi connectivity index (χ4n) is 4.47. The predicted molar refractivity (Wildman–Crippen MR) is 85.9 cm³/mol. The Hall–Kier alpha value is -0.820. The molecule has 3 rings (SSSR count). The van der Waals surface area contributed by atoms with Gasteiger partial charge in [0.1, 0.15) is 0 Å². The molecule has 1 heterocycles. The van der Waals surface area contributed by atoms with Crippen LogP contribution in [0.1, 0.15) is 51.0 Å². The quantitative estimate of drug-likeness (QED) is 0.778. The molecule has 0 unspecified atom stereocenters. The van der Waals surface area contributed by atoms with Crippen LogP contribution in [0.5, 0.6) is 0 Å². The molecule has 0 aromatic heterocycles. The Morgan fingerprint density at radius 2 is 1.80 bits per heavy atom. The van der Waals surface area contributed by atoms with E-state index >= 15 is 0 Å². The monoisotopic (exact) mass is 271 g/mol. The molecule has 1 heteroatoms. The summed E-state index contributed by atoms with van der Waals surface area (Å²) in [6, 6.07) is 12.0. The van der Waals surface area contributed by atoms with Crippen LogP contribution in [-0.2, 0) is 6.42 Å². The van der Waals surface area contributed by atoms with Crippen LogP contribution in [0, 0.1) is 11.8 Å². The van der Waals surface area contributed by atoms with E-state index in [2.05, 4.69) is 42.2 Å². The fraction of sp³-hybridized carbons (Fsp3) is 0.684. The van der Waals surface area contributed by atoms with Gasteiger partial charge in [0.25, 0.3) is 0 Å². The molecule has 1 aromatic carbocycles. The van der Waals surface area contributed by atoms with Crippen molar-refractivity contribution >= 4 is 0 Å². The van der Waals surface area contributed by atoms with Gasteiger partial charge in [-0.3, -0.25) is 0 Å². The lowest BCUT2D eigenvalue weighted by molar-refractivity contribution is 0.0980. The van der Waals surface area contributed by atoms with Gasteiger partial charge in [-0.2, -0.15) is 0 Å². The minimum absolute atomic E-state index is 0.898. The summed E-state index contributed by atoms with van der Waals surface area (Å²) >= 11 is 0. The van der Waals surface area contributed by atoms with E-state index in [-0.39, 0.29) is 0 Å². The Morgan fingerprint density at radius 3 is 2.50 bits per heavy atom. The molecular weight excluding hydrogens is 242 g/mol. The van der Waals surface area contributed by atoms with E-state index < -0.39 is 0 Å². The smallest absolute Gasteiger partial charge is 0.0124 e. The molecule has 3 atom stereocenters. The van der Waals surface area contributed by atoms with Crippen molar-refractivity contribution in [3.63, 3.8) is 0 Å². The molecule has 1 saturated carbocycles. The molecule has 2 aliphatic rings. The number of hydrogen-bond acceptors (Lipinski definition) is 1. The van der Waals surface area contributed by atoms with Crippen molar-refractivity contribution < 1.29 is 0 Å². The van der Waals surface area contributed by atoms with Crippen LogP contribution in [0.3, 0.4) is 0 Å². The zero-order valence-corrected chi connectivity index (χ0v) is 12.9. The molecule has 110 valence electrons. The molecule has 1 nitrogen and oxygen atoms in total. The van der Waals surface area contributed by atoms with Crippen molar-refractivity contribution in [2.24, 2.45) is 11.8 Å². The molecule has 2 fully saturated rings. The first kappa shape index (κ1) is 14.1. The largest absolute Gasteiger partial charge is 0.300 e. The van der Waals surface area contributed by atoms with Crippen molar-refractivity contribution in [3.8, 4) is 0 Å². The third-order valence-electron chi connectivity index (χ3n) is 5.55. The van der Waals surface area contributed by atoms with Gasteiger partial charge in [-0.25, -0.2) is 0 Å². The van der Waals surface area contributed by atoms with E-state index in [0.717, 1.165) is 17.9 Å². The Bertz CT molecular complexity index is 393. The van der Waals surface area contributed by atoms with Crippen molar-refractivity contribution in [2.75, 3.05) is 13.1 Å². The zero-order chi connectivity index (χ0) is 13.8. The number of nitrogens with zero attached hydrogens (tertiary/aromatic N) is 1. The van der Waals surface area contributed by atoms with E-state index in [1.54, 1.807) is 0 Å². The molecule has 0 amide bonds. The summed E-state index contributed by atoms with van der Waals surface area (Å²) in [5.74, 6) is 1.86. The zero-order valence-electron chi connectivity index (χ0n) is 12.9. The Labute approximate surface area is 124 Å². The fourth-order valence-corrected chi connectivity index (χ4v) is 4.47. The molecule has 0 bridgehead atoms. The Morgan fingerprint density at radius 1 is 1.05 bits per heavy atom. The van der Waals surface area contributed by atoms with Gasteiger partial charge in [0.05, 0.1) is 0 Å².